The summed E-state index contributed by atoms with van der Waals surface area (Å²) in [7, 11) is -3.50. The number of piperidine rings is 1. The van der Waals surface area contributed by atoms with Crippen molar-refractivity contribution in [3.63, 3.8) is 0 Å². The van der Waals surface area contributed by atoms with Crippen LogP contribution in [0.25, 0.3) is 0 Å². The fourth-order valence-corrected chi connectivity index (χ4v) is 6.58. The summed E-state index contributed by atoms with van der Waals surface area (Å²) in [6, 6.07) is 19.9. The van der Waals surface area contributed by atoms with Crippen LogP contribution in [-0.2, 0) is 16.6 Å². The van der Waals surface area contributed by atoms with Crippen LogP contribution in [0.5, 0.6) is 0 Å². The first-order valence-electron chi connectivity index (χ1n) is 14.9. The van der Waals surface area contributed by atoms with Gasteiger partial charge in [0.2, 0.25) is 10.0 Å². The summed E-state index contributed by atoms with van der Waals surface area (Å²) in [5.74, 6) is -0.377. The molecule has 2 N–H and O–H groups in total. The van der Waals surface area contributed by atoms with Crippen molar-refractivity contribution in [3.8, 4) is 6.07 Å². The fourth-order valence-electron chi connectivity index (χ4n) is 5.54. The molecule has 0 saturated carbocycles. The number of rotatable bonds is 9. The van der Waals surface area contributed by atoms with Crippen LogP contribution in [-0.4, -0.2) is 86.9 Å². The molecular weight excluding hydrogens is 578 g/mol. The molecule has 2 aliphatic heterocycles. The van der Waals surface area contributed by atoms with Crippen molar-refractivity contribution in [2.24, 2.45) is 0 Å². The van der Waals surface area contributed by atoms with E-state index in [1.54, 1.807) is 48.2 Å². The number of nitrogens with zero attached hydrogens (tertiary/aromatic N) is 5. The maximum atomic E-state index is 13.1. The number of nitrogens with one attached hydrogen (secondary N) is 2. The highest BCUT2D eigenvalue weighted by Crippen LogP contribution is 2.20. The summed E-state index contributed by atoms with van der Waals surface area (Å²) < 4.78 is 26.9. The molecule has 0 radical (unpaired) electrons. The molecule has 230 valence electrons. The van der Waals surface area contributed by atoms with E-state index in [1.807, 2.05) is 24.3 Å². The Balaban J connectivity index is 1.07. The minimum absolute atomic E-state index is 0.0749. The van der Waals surface area contributed by atoms with Gasteiger partial charge in [-0.25, -0.2) is 13.1 Å². The maximum Gasteiger partial charge on any atom is 0.272 e. The molecule has 5 rings (SSSR count). The molecule has 0 aliphatic carbocycles. The van der Waals surface area contributed by atoms with Gasteiger partial charge < -0.3 is 15.1 Å². The van der Waals surface area contributed by atoms with Gasteiger partial charge in [-0.2, -0.15) is 5.26 Å². The lowest BCUT2D eigenvalue weighted by Gasteiger charge is -2.36. The number of likely N-dealkylation sites (tertiary alicyclic amines) is 1. The van der Waals surface area contributed by atoms with Gasteiger partial charge in [-0.3, -0.25) is 19.5 Å². The lowest BCUT2D eigenvalue weighted by Crippen LogP contribution is -2.49. The second-order valence-electron chi connectivity index (χ2n) is 11.0. The number of hydrogen-bond donors (Lipinski definition) is 2. The molecule has 2 aliphatic rings. The number of nitriles is 1. The average molecular weight is 616 g/mol. The summed E-state index contributed by atoms with van der Waals surface area (Å²) in [6.45, 7) is 6.84. The number of carbonyl (C=O) groups is 2. The third kappa shape index (κ3) is 7.60. The van der Waals surface area contributed by atoms with Crippen LogP contribution in [0.1, 0.15) is 51.7 Å². The van der Waals surface area contributed by atoms with E-state index >= 15 is 0 Å². The molecule has 0 unspecified atom stereocenters. The van der Waals surface area contributed by atoms with Crippen molar-refractivity contribution < 1.29 is 18.0 Å². The molecule has 1 aromatic heterocycles. The second kappa shape index (κ2) is 14.0. The summed E-state index contributed by atoms with van der Waals surface area (Å²) in [6.07, 6.45) is 3.15. The second-order valence-corrected chi connectivity index (χ2v) is 12.8. The minimum atomic E-state index is -3.50. The van der Waals surface area contributed by atoms with Crippen molar-refractivity contribution in [1.82, 2.24) is 24.8 Å². The van der Waals surface area contributed by atoms with Crippen molar-refractivity contribution in [3.05, 3.63) is 89.2 Å². The number of carbonyl (C=O) groups excluding carboxylic acids is 2. The number of piperazine rings is 1. The Morgan fingerprint density at radius 3 is 2.20 bits per heavy atom. The molecule has 3 heterocycles. The first kappa shape index (κ1) is 31.1. The third-order valence-corrected chi connectivity index (χ3v) is 9.63. The molecule has 2 amide bonds. The fraction of sp³-hybridized carbons (Fsp3) is 0.375. The average Bonchev–Trinajstić information content (AvgIpc) is 3.06. The van der Waals surface area contributed by atoms with Gasteiger partial charge in [0.05, 0.1) is 22.1 Å². The van der Waals surface area contributed by atoms with E-state index in [2.05, 4.69) is 30.9 Å². The molecule has 44 heavy (non-hydrogen) atoms. The Morgan fingerprint density at radius 2 is 1.61 bits per heavy atom. The number of hydrogen-bond acceptors (Lipinski definition) is 8. The quantitative estimate of drug-likeness (QED) is 0.375. The van der Waals surface area contributed by atoms with Gasteiger partial charge in [0.15, 0.2) is 0 Å². The van der Waals surface area contributed by atoms with E-state index in [-0.39, 0.29) is 22.8 Å². The van der Waals surface area contributed by atoms with Crippen LogP contribution in [0.15, 0.2) is 71.8 Å². The van der Waals surface area contributed by atoms with Gasteiger partial charge in [-0.15, -0.1) is 0 Å². The largest absolute Gasteiger partial charge is 0.368 e. The number of sulfonamides is 1. The zero-order valence-electron chi connectivity index (χ0n) is 24.8. The van der Waals surface area contributed by atoms with Crippen molar-refractivity contribution in [2.75, 3.05) is 50.7 Å². The van der Waals surface area contributed by atoms with E-state index < -0.39 is 10.0 Å². The molecular formula is C32H37N7O4S. The standard InChI is InChI=1S/C32H37N7O4S/c1-2-35-44(42,43)29-10-8-28(9-11-29)38-17-19-39(20-18-38)32(41)30-12-7-26(22-34-30)31(40)36-27-13-15-37(16-14-27)23-25-5-3-24(21-33)4-6-25/h3-12,22,27,35H,2,13-20,23H2,1H3,(H,36,40). The molecule has 0 atom stereocenters. The minimum Gasteiger partial charge on any atom is -0.368 e. The molecule has 3 aromatic rings. The normalized spacial score (nSPS) is 16.4. The third-order valence-electron chi connectivity index (χ3n) is 8.07. The lowest BCUT2D eigenvalue weighted by atomic mass is 10.0. The smallest absolute Gasteiger partial charge is 0.272 e. The van der Waals surface area contributed by atoms with Gasteiger partial charge in [-0.1, -0.05) is 19.1 Å². The number of pyridine rings is 1. The van der Waals surface area contributed by atoms with E-state index in [0.717, 1.165) is 38.2 Å². The van der Waals surface area contributed by atoms with Gasteiger partial charge in [-0.05, 0) is 66.9 Å². The van der Waals surface area contributed by atoms with Crippen LogP contribution in [0, 0.1) is 11.3 Å². The summed E-state index contributed by atoms with van der Waals surface area (Å²) in [5.41, 5.74) is 3.44. The highest BCUT2D eigenvalue weighted by molar-refractivity contribution is 7.89. The van der Waals surface area contributed by atoms with E-state index in [0.29, 0.717) is 49.5 Å². The van der Waals surface area contributed by atoms with Crippen LogP contribution < -0.4 is 14.9 Å². The van der Waals surface area contributed by atoms with Crippen LogP contribution in [0.4, 0.5) is 5.69 Å². The van der Waals surface area contributed by atoms with Crippen molar-refractivity contribution >= 4 is 27.5 Å². The molecule has 2 saturated heterocycles. The predicted octanol–water partition coefficient (Wildman–Crippen LogP) is 2.61. The van der Waals surface area contributed by atoms with Gasteiger partial charge in [0, 0.05) is 70.3 Å². The first-order valence-corrected chi connectivity index (χ1v) is 16.4. The summed E-state index contributed by atoms with van der Waals surface area (Å²) >= 11 is 0. The van der Waals surface area contributed by atoms with Gasteiger partial charge in [0.25, 0.3) is 11.8 Å². The SMILES string of the molecule is CCNS(=O)(=O)c1ccc(N2CCN(C(=O)c3ccc(C(=O)NC4CCN(Cc5ccc(C#N)cc5)CC4)cn3)CC2)cc1. The predicted molar refractivity (Wildman–Crippen MR) is 167 cm³/mol. The van der Waals surface area contributed by atoms with E-state index in [4.69, 9.17) is 5.26 Å². The molecule has 2 fully saturated rings. The summed E-state index contributed by atoms with van der Waals surface area (Å²) in [4.78, 5) is 36.7. The zero-order chi connectivity index (χ0) is 31.1. The van der Waals surface area contributed by atoms with Crippen molar-refractivity contribution in [1.29, 1.82) is 5.26 Å². The Kier molecular flexibility index (Phi) is 9.89. The lowest BCUT2D eigenvalue weighted by molar-refractivity contribution is 0.0740. The number of anilines is 1. The van der Waals surface area contributed by atoms with Gasteiger partial charge >= 0.3 is 0 Å². The molecule has 0 bridgehead atoms. The highest BCUT2D eigenvalue weighted by atomic mass is 32.2. The summed E-state index contributed by atoms with van der Waals surface area (Å²) in [5, 5.41) is 12.1. The first-order chi connectivity index (χ1) is 21.3. The zero-order valence-corrected chi connectivity index (χ0v) is 25.6. The highest BCUT2D eigenvalue weighted by Gasteiger charge is 2.25. The van der Waals surface area contributed by atoms with E-state index in [1.165, 1.54) is 11.8 Å². The van der Waals surface area contributed by atoms with Crippen LogP contribution in [0.2, 0.25) is 0 Å². The maximum absolute atomic E-state index is 13.1. The Labute approximate surface area is 258 Å². The Bertz CT molecular complexity index is 1590. The molecule has 12 heteroatoms. The number of amides is 2. The number of benzene rings is 2. The van der Waals surface area contributed by atoms with Crippen LogP contribution in [0.3, 0.4) is 0 Å². The van der Waals surface area contributed by atoms with E-state index in [9.17, 15) is 18.0 Å². The molecule has 0 spiro atoms. The van der Waals surface area contributed by atoms with Crippen LogP contribution >= 0.6 is 0 Å². The Morgan fingerprint density at radius 1 is 0.932 bits per heavy atom. The molecule has 11 nitrogen and oxygen atoms in total. The topological polar surface area (TPSA) is 139 Å². The van der Waals surface area contributed by atoms with Crippen molar-refractivity contribution in [2.45, 2.75) is 37.2 Å². The molecule has 2 aromatic carbocycles. The monoisotopic (exact) mass is 615 g/mol. The Hall–Kier alpha value is -4.31. The van der Waals surface area contributed by atoms with Gasteiger partial charge in [0.1, 0.15) is 5.69 Å². The number of aromatic nitrogens is 1.